The number of hydrogen-bond acceptors (Lipinski definition) is 4. The Kier molecular flexibility index (Phi) is 4.73. The fourth-order valence-corrected chi connectivity index (χ4v) is 1.19. The number of nitro groups is 1. The molecule has 0 radical (unpaired) electrons. The summed E-state index contributed by atoms with van der Waals surface area (Å²) in [5.41, 5.74) is 0.778. The van der Waals surface area contributed by atoms with Crippen molar-refractivity contribution in [1.29, 1.82) is 0 Å². The molecule has 0 atom stereocenters. The molecule has 0 aliphatic rings. The van der Waals surface area contributed by atoms with Gasteiger partial charge in [0.15, 0.2) is 0 Å². The van der Waals surface area contributed by atoms with E-state index in [1.807, 2.05) is 6.92 Å². The van der Waals surface area contributed by atoms with Crippen molar-refractivity contribution < 1.29 is 14.7 Å². The summed E-state index contributed by atoms with van der Waals surface area (Å²) in [6.45, 7) is 2.60. The van der Waals surface area contributed by atoms with Gasteiger partial charge in [-0.1, -0.05) is 18.2 Å². The minimum atomic E-state index is -0.393. The van der Waals surface area contributed by atoms with Crippen LogP contribution in [0, 0.1) is 10.1 Å². The summed E-state index contributed by atoms with van der Waals surface area (Å²) in [4.78, 5) is 19.7. The van der Waals surface area contributed by atoms with Crippen LogP contribution in [0.1, 0.15) is 12.5 Å². The van der Waals surface area contributed by atoms with E-state index in [-0.39, 0.29) is 5.69 Å². The Morgan fingerprint density at radius 3 is 2.73 bits per heavy atom. The van der Waals surface area contributed by atoms with Crippen LogP contribution in [0.2, 0.25) is 0 Å². The Morgan fingerprint density at radius 2 is 2.07 bits per heavy atom. The molecular formula is C10H13NO4. The average molecular weight is 211 g/mol. The molecule has 0 unspecified atom stereocenters. The molecule has 15 heavy (non-hydrogen) atoms. The van der Waals surface area contributed by atoms with E-state index in [9.17, 15) is 10.1 Å². The second-order valence-corrected chi connectivity index (χ2v) is 2.86. The van der Waals surface area contributed by atoms with Gasteiger partial charge in [-0.2, -0.15) is 0 Å². The molecule has 1 rings (SSSR count). The van der Waals surface area contributed by atoms with Crippen molar-refractivity contribution in [1.82, 2.24) is 0 Å². The molecule has 0 saturated heterocycles. The monoisotopic (exact) mass is 211 g/mol. The van der Waals surface area contributed by atoms with Crippen LogP contribution in [-0.4, -0.2) is 18.1 Å². The van der Waals surface area contributed by atoms with Crippen molar-refractivity contribution in [2.75, 3.05) is 13.2 Å². The third-order valence-electron chi connectivity index (χ3n) is 1.84. The topological polar surface area (TPSA) is 61.6 Å². The molecule has 0 saturated carbocycles. The Hall–Kier alpha value is -1.46. The van der Waals surface area contributed by atoms with Gasteiger partial charge in [0, 0.05) is 18.1 Å². The highest BCUT2D eigenvalue weighted by Crippen LogP contribution is 2.17. The first-order valence-electron chi connectivity index (χ1n) is 4.72. The van der Waals surface area contributed by atoms with Gasteiger partial charge in [-0.15, -0.1) is 0 Å². The van der Waals surface area contributed by atoms with E-state index in [0.717, 1.165) is 0 Å². The molecule has 0 bridgehead atoms. The van der Waals surface area contributed by atoms with Crippen molar-refractivity contribution in [3.8, 4) is 0 Å². The van der Waals surface area contributed by atoms with Gasteiger partial charge >= 0.3 is 0 Å². The zero-order valence-electron chi connectivity index (χ0n) is 8.51. The molecule has 0 N–H and O–H groups in total. The Balaban J connectivity index is 2.56. The quantitative estimate of drug-likeness (QED) is 0.313. The molecule has 0 aliphatic carbocycles. The lowest BCUT2D eigenvalue weighted by atomic mass is 10.1. The van der Waals surface area contributed by atoms with Crippen LogP contribution in [0.4, 0.5) is 5.69 Å². The van der Waals surface area contributed by atoms with Gasteiger partial charge in [-0.3, -0.25) is 10.1 Å². The van der Waals surface area contributed by atoms with E-state index in [4.69, 9.17) is 4.89 Å². The van der Waals surface area contributed by atoms with Crippen molar-refractivity contribution >= 4 is 5.69 Å². The van der Waals surface area contributed by atoms with Gasteiger partial charge in [-0.25, -0.2) is 9.78 Å². The lowest BCUT2D eigenvalue weighted by Crippen LogP contribution is -2.02. The summed E-state index contributed by atoms with van der Waals surface area (Å²) in [7, 11) is 0. The van der Waals surface area contributed by atoms with E-state index in [0.29, 0.717) is 25.2 Å². The van der Waals surface area contributed by atoms with Gasteiger partial charge in [-0.05, 0) is 6.92 Å². The van der Waals surface area contributed by atoms with Gasteiger partial charge < -0.3 is 0 Å². The SMILES string of the molecule is CCOOCCc1ccccc1[N+](=O)[O-]. The first-order valence-corrected chi connectivity index (χ1v) is 4.72. The molecule has 5 nitrogen and oxygen atoms in total. The van der Waals surface area contributed by atoms with Crippen LogP contribution >= 0.6 is 0 Å². The summed E-state index contributed by atoms with van der Waals surface area (Å²) in [6.07, 6.45) is 0.469. The maximum Gasteiger partial charge on any atom is 0.272 e. The van der Waals surface area contributed by atoms with Crippen LogP contribution in [0.25, 0.3) is 0 Å². The molecule has 1 aromatic rings. The Bertz CT molecular complexity index is 327. The van der Waals surface area contributed by atoms with Gasteiger partial charge in [0.2, 0.25) is 0 Å². The zero-order valence-corrected chi connectivity index (χ0v) is 8.51. The van der Waals surface area contributed by atoms with Gasteiger partial charge in [0.05, 0.1) is 18.1 Å². The van der Waals surface area contributed by atoms with E-state index in [1.54, 1.807) is 18.2 Å². The number of benzene rings is 1. The smallest absolute Gasteiger partial charge is 0.258 e. The minimum Gasteiger partial charge on any atom is -0.258 e. The summed E-state index contributed by atoms with van der Waals surface area (Å²) >= 11 is 0. The van der Waals surface area contributed by atoms with E-state index >= 15 is 0 Å². The van der Waals surface area contributed by atoms with E-state index in [1.165, 1.54) is 6.07 Å². The number of rotatable bonds is 6. The minimum absolute atomic E-state index is 0.123. The predicted octanol–water partition coefficient (Wildman–Crippen LogP) is 2.11. The summed E-state index contributed by atoms with van der Waals surface area (Å²) < 4.78 is 0. The Labute approximate surface area is 87.7 Å². The van der Waals surface area contributed by atoms with Crippen molar-refractivity contribution in [2.24, 2.45) is 0 Å². The largest absolute Gasteiger partial charge is 0.272 e. The van der Waals surface area contributed by atoms with Crippen LogP contribution < -0.4 is 0 Å². The van der Waals surface area contributed by atoms with Crippen molar-refractivity contribution in [3.05, 3.63) is 39.9 Å². The number of hydrogen-bond donors (Lipinski definition) is 0. The zero-order chi connectivity index (χ0) is 11.1. The molecule has 1 aromatic carbocycles. The fourth-order valence-electron chi connectivity index (χ4n) is 1.19. The third-order valence-corrected chi connectivity index (χ3v) is 1.84. The molecule has 0 aliphatic heterocycles. The first kappa shape index (κ1) is 11.6. The van der Waals surface area contributed by atoms with Crippen LogP contribution in [-0.2, 0) is 16.2 Å². The second kappa shape index (κ2) is 6.10. The molecule has 0 fully saturated rings. The first-order chi connectivity index (χ1) is 7.25. The fraction of sp³-hybridized carbons (Fsp3) is 0.400. The maximum atomic E-state index is 10.6. The summed E-state index contributed by atoms with van der Waals surface area (Å²) in [5.74, 6) is 0. The normalized spacial score (nSPS) is 10.2. The second-order valence-electron chi connectivity index (χ2n) is 2.86. The molecule has 5 heteroatoms. The summed E-state index contributed by atoms with van der Waals surface area (Å²) in [6, 6.07) is 6.61. The Morgan fingerprint density at radius 1 is 1.33 bits per heavy atom. The number of nitro benzene ring substituents is 1. The highest BCUT2D eigenvalue weighted by molar-refractivity contribution is 5.39. The molecule has 0 aromatic heterocycles. The lowest BCUT2D eigenvalue weighted by molar-refractivity contribution is -0.385. The predicted molar refractivity (Wildman–Crippen MR) is 54.4 cm³/mol. The highest BCUT2D eigenvalue weighted by Gasteiger charge is 2.11. The molecule has 0 heterocycles. The van der Waals surface area contributed by atoms with Crippen LogP contribution in [0.3, 0.4) is 0 Å². The third kappa shape index (κ3) is 3.65. The van der Waals surface area contributed by atoms with Gasteiger partial charge in [0.1, 0.15) is 0 Å². The molecular weight excluding hydrogens is 198 g/mol. The van der Waals surface area contributed by atoms with Crippen molar-refractivity contribution in [2.45, 2.75) is 13.3 Å². The average Bonchev–Trinajstić information content (AvgIpc) is 2.25. The number of nitrogens with zero attached hydrogens (tertiary/aromatic N) is 1. The van der Waals surface area contributed by atoms with Crippen LogP contribution in [0.5, 0.6) is 0 Å². The number of para-hydroxylation sites is 1. The van der Waals surface area contributed by atoms with E-state index < -0.39 is 4.92 Å². The van der Waals surface area contributed by atoms with Crippen molar-refractivity contribution in [3.63, 3.8) is 0 Å². The van der Waals surface area contributed by atoms with Gasteiger partial charge in [0.25, 0.3) is 5.69 Å². The summed E-state index contributed by atoms with van der Waals surface area (Å²) in [5, 5.41) is 10.6. The maximum absolute atomic E-state index is 10.6. The standard InChI is InChI=1S/C10H13NO4/c1-2-14-15-8-7-9-5-3-4-6-10(9)11(12)13/h3-6H,2,7-8H2,1H3. The molecule has 0 amide bonds. The van der Waals surface area contributed by atoms with E-state index in [2.05, 4.69) is 4.89 Å². The molecule has 0 spiro atoms. The highest BCUT2D eigenvalue weighted by atomic mass is 17.2. The lowest BCUT2D eigenvalue weighted by Gasteiger charge is -2.02. The van der Waals surface area contributed by atoms with Crippen LogP contribution in [0.15, 0.2) is 24.3 Å². The molecule has 82 valence electrons.